The van der Waals surface area contributed by atoms with E-state index >= 15 is 0 Å². The summed E-state index contributed by atoms with van der Waals surface area (Å²) in [5.74, 6) is -2.62. The first-order valence-corrected chi connectivity index (χ1v) is 11.6. The second-order valence-electron chi connectivity index (χ2n) is 9.05. The van der Waals surface area contributed by atoms with Gasteiger partial charge in [-0.1, -0.05) is 30.3 Å². The Morgan fingerprint density at radius 3 is 2.30 bits per heavy atom. The summed E-state index contributed by atoms with van der Waals surface area (Å²) in [4.78, 5) is 54.4. The van der Waals surface area contributed by atoms with Crippen LogP contribution in [0.4, 0.5) is 15.8 Å². The molecule has 3 aromatic carbocycles. The Kier molecular flexibility index (Phi) is 7.06. The first kappa shape index (κ1) is 25.6. The highest BCUT2D eigenvalue weighted by Crippen LogP contribution is 2.30. The van der Waals surface area contributed by atoms with Gasteiger partial charge in [0.15, 0.2) is 0 Å². The molecule has 190 valence electrons. The minimum absolute atomic E-state index is 0.199. The Labute approximate surface area is 213 Å². The summed E-state index contributed by atoms with van der Waals surface area (Å²) in [6.07, 6.45) is 0. The molecule has 0 atom stereocenters. The van der Waals surface area contributed by atoms with Crippen molar-refractivity contribution in [3.05, 3.63) is 89.7 Å². The van der Waals surface area contributed by atoms with Gasteiger partial charge in [0.1, 0.15) is 23.7 Å². The van der Waals surface area contributed by atoms with E-state index < -0.39 is 41.4 Å². The average Bonchev–Trinajstić information content (AvgIpc) is 3.13. The van der Waals surface area contributed by atoms with Gasteiger partial charge in [0, 0.05) is 17.8 Å². The normalized spacial score (nSPS) is 12.8. The van der Waals surface area contributed by atoms with Gasteiger partial charge in [-0.3, -0.25) is 24.1 Å². The lowest BCUT2D eigenvalue weighted by atomic mass is 9.99. The van der Waals surface area contributed by atoms with Crippen molar-refractivity contribution in [2.24, 2.45) is 0 Å². The van der Waals surface area contributed by atoms with Gasteiger partial charge in [-0.15, -0.1) is 0 Å². The molecule has 3 aromatic rings. The van der Waals surface area contributed by atoms with Gasteiger partial charge >= 0.3 is 0 Å². The molecule has 0 fully saturated rings. The lowest BCUT2D eigenvalue weighted by Gasteiger charge is -2.38. The standard InChI is InChI=1S/C28H26FN3O5/c1-28(2,27(36)30-19-12-14-20(37-3)15-13-19)32(16-18-8-4-6-10-22(18)29)24(33)17-31-23-11-7-5-9-21(23)25(34)26(31)35/h4-15H,16-17H2,1-3H3,(H,30,36). The summed E-state index contributed by atoms with van der Waals surface area (Å²) in [5, 5.41) is 2.78. The molecule has 3 amide bonds. The third-order valence-corrected chi connectivity index (χ3v) is 6.34. The minimum atomic E-state index is -1.47. The predicted molar refractivity (Wildman–Crippen MR) is 136 cm³/mol. The van der Waals surface area contributed by atoms with Crippen molar-refractivity contribution in [3.8, 4) is 5.75 Å². The largest absolute Gasteiger partial charge is 0.497 e. The Balaban J connectivity index is 1.64. The van der Waals surface area contributed by atoms with E-state index in [1.54, 1.807) is 48.5 Å². The molecule has 8 nitrogen and oxygen atoms in total. The number of carbonyl (C=O) groups excluding carboxylic acids is 4. The Morgan fingerprint density at radius 1 is 0.973 bits per heavy atom. The van der Waals surface area contributed by atoms with Crippen LogP contribution >= 0.6 is 0 Å². The topological polar surface area (TPSA) is 96.0 Å². The second-order valence-corrected chi connectivity index (χ2v) is 9.05. The lowest BCUT2D eigenvalue weighted by molar-refractivity contribution is -0.143. The van der Waals surface area contributed by atoms with E-state index in [0.29, 0.717) is 17.1 Å². The first-order valence-electron chi connectivity index (χ1n) is 11.6. The summed E-state index contributed by atoms with van der Waals surface area (Å²) >= 11 is 0. The number of nitrogens with zero attached hydrogens (tertiary/aromatic N) is 2. The van der Waals surface area contributed by atoms with Gasteiger partial charge in [0.2, 0.25) is 11.8 Å². The molecule has 1 aliphatic rings. The summed E-state index contributed by atoms with van der Waals surface area (Å²) in [7, 11) is 1.53. The van der Waals surface area contributed by atoms with Crippen molar-refractivity contribution in [3.63, 3.8) is 0 Å². The van der Waals surface area contributed by atoms with Crippen molar-refractivity contribution < 1.29 is 28.3 Å². The van der Waals surface area contributed by atoms with E-state index in [1.165, 1.54) is 50.1 Å². The van der Waals surface area contributed by atoms with Gasteiger partial charge < -0.3 is 15.0 Å². The number of Topliss-reactive ketones (excluding diaryl/α,β-unsaturated/α-hetero) is 1. The number of nitrogens with one attached hydrogen (secondary N) is 1. The van der Waals surface area contributed by atoms with E-state index in [2.05, 4.69) is 5.32 Å². The number of carbonyl (C=O) groups is 4. The number of halogens is 1. The SMILES string of the molecule is COc1ccc(NC(=O)C(C)(C)N(Cc2ccccc2F)C(=O)CN2C(=O)C(=O)c3ccccc32)cc1. The number of ketones is 1. The number of methoxy groups -OCH3 is 1. The molecule has 0 unspecified atom stereocenters. The minimum Gasteiger partial charge on any atom is -0.497 e. The van der Waals surface area contributed by atoms with Crippen LogP contribution in [0.25, 0.3) is 0 Å². The molecule has 0 bridgehead atoms. The van der Waals surface area contributed by atoms with Crippen LogP contribution in [0.5, 0.6) is 5.75 Å². The van der Waals surface area contributed by atoms with Gasteiger partial charge in [-0.25, -0.2) is 4.39 Å². The molecule has 0 saturated carbocycles. The predicted octanol–water partition coefficient (Wildman–Crippen LogP) is 3.81. The van der Waals surface area contributed by atoms with Crippen LogP contribution in [0.1, 0.15) is 29.8 Å². The van der Waals surface area contributed by atoms with E-state index in [0.717, 1.165) is 4.90 Å². The molecule has 1 heterocycles. The monoisotopic (exact) mass is 503 g/mol. The van der Waals surface area contributed by atoms with Crippen LogP contribution < -0.4 is 15.0 Å². The van der Waals surface area contributed by atoms with Crippen LogP contribution in [0.3, 0.4) is 0 Å². The van der Waals surface area contributed by atoms with Gasteiger partial charge in [-0.05, 0) is 56.3 Å². The number of amides is 3. The van der Waals surface area contributed by atoms with Crippen LogP contribution in [-0.4, -0.2) is 47.6 Å². The highest BCUT2D eigenvalue weighted by molar-refractivity contribution is 6.52. The zero-order chi connectivity index (χ0) is 26.7. The fourth-order valence-electron chi connectivity index (χ4n) is 4.10. The lowest BCUT2D eigenvalue weighted by Crippen LogP contribution is -2.57. The number of hydrogen-bond donors (Lipinski definition) is 1. The molecular formula is C28H26FN3O5. The highest BCUT2D eigenvalue weighted by Gasteiger charge is 2.42. The van der Waals surface area contributed by atoms with Crippen molar-refractivity contribution in [2.75, 3.05) is 23.9 Å². The molecule has 0 aromatic heterocycles. The fraction of sp³-hybridized carbons (Fsp3) is 0.214. The number of fused-ring (bicyclic) bond motifs is 1. The smallest absolute Gasteiger partial charge is 0.299 e. The first-order chi connectivity index (χ1) is 17.6. The summed E-state index contributed by atoms with van der Waals surface area (Å²) in [6.45, 7) is 2.35. The van der Waals surface area contributed by atoms with E-state index in [1.807, 2.05) is 0 Å². The summed E-state index contributed by atoms with van der Waals surface area (Å²) in [6, 6.07) is 19.0. The van der Waals surface area contributed by atoms with Gasteiger partial charge in [0.05, 0.1) is 18.4 Å². The third kappa shape index (κ3) is 5.06. The number of anilines is 2. The molecule has 0 saturated heterocycles. The maximum Gasteiger partial charge on any atom is 0.299 e. The number of ether oxygens (including phenoxy) is 1. The quantitative estimate of drug-likeness (QED) is 0.472. The zero-order valence-corrected chi connectivity index (χ0v) is 20.7. The van der Waals surface area contributed by atoms with E-state index in [-0.39, 0.29) is 17.7 Å². The van der Waals surface area contributed by atoms with E-state index in [9.17, 15) is 23.6 Å². The molecule has 1 aliphatic heterocycles. The molecule has 9 heteroatoms. The van der Waals surface area contributed by atoms with Crippen molar-refractivity contribution >= 4 is 34.9 Å². The Morgan fingerprint density at radius 2 is 1.62 bits per heavy atom. The van der Waals surface area contributed by atoms with Crippen molar-refractivity contribution in [2.45, 2.75) is 25.9 Å². The Hall–Kier alpha value is -4.53. The second kappa shape index (κ2) is 10.2. The molecule has 1 N–H and O–H groups in total. The molecule has 0 aliphatic carbocycles. The molecule has 37 heavy (non-hydrogen) atoms. The molecule has 0 spiro atoms. The zero-order valence-electron chi connectivity index (χ0n) is 20.7. The number of para-hydroxylation sites is 1. The van der Waals surface area contributed by atoms with Crippen LogP contribution in [-0.2, 0) is 20.9 Å². The average molecular weight is 504 g/mol. The van der Waals surface area contributed by atoms with Crippen molar-refractivity contribution in [1.82, 2.24) is 4.90 Å². The number of hydrogen-bond acceptors (Lipinski definition) is 5. The van der Waals surface area contributed by atoms with Gasteiger partial charge in [0.25, 0.3) is 11.7 Å². The third-order valence-electron chi connectivity index (χ3n) is 6.34. The van der Waals surface area contributed by atoms with Crippen molar-refractivity contribution in [1.29, 1.82) is 0 Å². The molecular weight excluding hydrogens is 477 g/mol. The summed E-state index contributed by atoms with van der Waals surface area (Å²) < 4.78 is 19.7. The maximum atomic E-state index is 14.6. The summed E-state index contributed by atoms with van der Waals surface area (Å²) in [5.41, 5.74) is -0.266. The number of benzene rings is 3. The molecule has 0 radical (unpaired) electrons. The fourth-order valence-corrected chi connectivity index (χ4v) is 4.10. The van der Waals surface area contributed by atoms with Crippen LogP contribution in [0.2, 0.25) is 0 Å². The van der Waals surface area contributed by atoms with E-state index in [4.69, 9.17) is 4.74 Å². The van der Waals surface area contributed by atoms with Crippen LogP contribution in [0, 0.1) is 5.82 Å². The number of rotatable bonds is 8. The maximum absolute atomic E-state index is 14.6. The Bertz CT molecular complexity index is 1370. The van der Waals surface area contributed by atoms with Gasteiger partial charge in [-0.2, -0.15) is 0 Å². The molecule has 4 rings (SSSR count). The highest BCUT2D eigenvalue weighted by atomic mass is 19.1. The van der Waals surface area contributed by atoms with Crippen LogP contribution in [0.15, 0.2) is 72.8 Å².